The molecule has 1 fully saturated rings. The maximum Gasteiger partial charge on any atom is 0.173 e. The molecule has 0 aliphatic carbocycles. The molecule has 1 aromatic carbocycles. The number of nitrogens with zero attached hydrogens (tertiary/aromatic N) is 1. The number of thiocarbonyl (C=S) groups is 1. The molecule has 110 valence electrons. The second kappa shape index (κ2) is 6.51. The normalized spacial score (nSPS) is 20.6. The van der Waals surface area contributed by atoms with Crippen molar-refractivity contribution in [1.82, 2.24) is 4.90 Å². The highest BCUT2D eigenvalue weighted by Crippen LogP contribution is 2.19. The zero-order valence-electron chi connectivity index (χ0n) is 11.0. The van der Waals surface area contributed by atoms with Gasteiger partial charge < -0.3 is 15.3 Å². The van der Waals surface area contributed by atoms with Gasteiger partial charge in [0.05, 0.1) is 18.1 Å². The van der Waals surface area contributed by atoms with Crippen LogP contribution in [0.3, 0.4) is 0 Å². The minimum atomic E-state index is -2.98. The lowest BCUT2D eigenvalue weighted by Crippen LogP contribution is -2.45. The summed E-state index contributed by atoms with van der Waals surface area (Å²) < 4.78 is 23.2. The topological polar surface area (TPSA) is 69.6 Å². The van der Waals surface area contributed by atoms with Crippen molar-refractivity contribution in [3.8, 4) is 0 Å². The van der Waals surface area contributed by atoms with Crippen LogP contribution in [-0.4, -0.2) is 54.2 Å². The predicted octanol–water partition coefficient (Wildman–Crippen LogP) is 0.865. The fraction of sp³-hybridized carbons (Fsp3) is 0.462. The van der Waals surface area contributed by atoms with E-state index in [1.54, 1.807) is 4.90 Å². The molecule has 0 saturated carbocycles. The van der Waals surface area contributed by atoms with E-state index >= 15 is 0 Å². The lowest BCUT2D eigenvalue weighted by molar-refractivity contribution is 0.228. The molecule has 1 aliphatic heterocycles. The third kappa shape index (κ3) is 3.91. The molecule has 0 aromatic heterocycles. The van der Waals surface area contributed by atoms with Crippen LogP contribution in [0, 0.1) is 0 Å². The second-order valence-electron chi connectivity index (χ2n) is 4.77. The molecule has 0 spiro atoms. The van der Waals surface area contributed by atoms with E-state index in [4.69, 9.17) is 17.3 Å². The van der Waals surface area contributed by atoms with Gasteiger partial charge in [0, 0.05) is 18.3 Å². The summed E-state index contributed by atoms with van der Waals surface area (Å²) in [4.78, 5) is 1.77. The molecule has 1 atom stereocenters. The van der Waals surface area contributed by atoms with Crippen molar-refractivity contribution in [1.29, 1.82) is 0 Å². The SMILES string of the molecule is O=S1(=O)CC[C@@H](N(CCO)C(=S)Nc2ccccc2)C1. The Morgan fingerprint density at radius 2 is 2.10 bits per heavy atom. The van der Waals surface area contributed by atoms with Crippen LogP contribution in [0.2, 0.25) is 0 Å². The first kappa shape index (κ1) is 15.2. The quantitative estimate of drug-likeness (QED) is 0.804. The molecule has 20 heavy (non-hydrogen) atoms. The van der Waals surface area contributed by atoms with Gasteiger partial charge >= 0.3 is 0 Å². The zero-order valence-corrected chi connectivity index (χ0v) is 12.7. The summed E-state index contributed by atoms with van der Waals surface area (Å²) in [6, 6.07) is 9.30. The standard InChI is InChI=1S/C13H18N2O3S2/c16-8-7-15(12-6-9-20(17,18)10-12)13(19)14-11-4-2-1-3-5-11/h1-5,12,16H,6-10H2,(H,14,19)/t12-/m1/s1. The third-order valence-corrected chi connectivity index (χ3v) is 5.36. The Morgan fingerprint density at radius 3 is 2.65 bits per heavy atom. The monoisotopic (exact) mass is 314 g/mol. The van der Waals surface area contributed by atoms with E-state index in [1.165, 1.54) is 0 Å². The Bertz CT molecular complexity index is 560. The molecule has 1 aliphatic rings. The highest BCUT2D eigenvalue weighted by atomic mass is 32.2. The Kier molecular flexibility index (Phi) is 4.95. The van der Waals surface area contributed by atoms with Crippen molar-refractivity contribution in [2.45, 2.75) is 12.5 Å². The van der Waals surface area contributed by atoms with Gasteiger partial charge in [-0.25, -0.2) is 8.42 Å². The Balaban J connectivity index is 2.06. The van der Waals surface area contributed by atoms with Gasteiger partial charge in [-0.2, -0.15) is 0 Å². The molecule has 0 amide bonds. The Labute approximate surface area is 124 Å². The molecule has 1 aromatic rings. The second-order valence-corrected chi connectivity index (χ2v) is 7.39. The summed E-state index contributed by atoms with van der Waals surface area (Å²) in [6.07, 6.45) is 0.555. The average Bonchev–Trinajstić information content (AvgIpc) is 2.77. The van der Waals surface area contributed by atoms with Crippen LogP contribution < -0.4 is 5.32 Å². The number of benzene rings is 1. The first-order chi connectivity index (χ1) is 9.52. The van der Waals surface area contributed by atoms with Gasteiger partial charge in [-0.15, -0.1) is 0 Å². The first-order valence-electron chi connectivity index (χ1n) is 6.46. The van der Waals surface area contributed by atoms with Crippen LogP contribution in [0.25, 0.3) is 0 Å². The van der Waals surface area contributed by atoms with Crippen LogP contribution in [0.4, 0.5) is 5.69 Å². The van der Waals surface area contributed by atoms with E-state index in [2.05, 4.69) is 5.32 Å². The molecular formula is C13H18N2O3S2. The number of aliphatic hydroxyl groups is 1. The van der Waals surface area contributed by atoms with Gasteiger partial charge in [-0.1, -0.05) is 18.2 Å². The summed E-state index contributed by atoms with van der Waals surface area (Å²) in [5.41, 5.74) is 0.848. The summed E-state index contributed by atoms with van der Waals surface area (Å²) in [6.45, 7) is 0.270. The van der Waals surface area contributed by atoms with E-state index in [1.807, 2.05) is 30.3 Å². The minimum absolute atomic E-state index is 0.0623. The number of aliphatic hydroxyl groups excluding tert-OH is 1. The van der Waals surface area contributed by atoms with Crippen LogP contribution in [-0.2, 0) is 9.84 Å². The first-order valence-corrected chi connectivity index (χ1v) is 8.69. The van der Waals surface area contributed by atoms with Gasteiger partial charge in [0.25, 0.3) is 0 Å². The van der Waals surface area contributed by atoms with Crippen LogP contribution >= 0.6 is 12.2 Å². The van der Waals surface area contributed by atoms with Gasteiger partial charge in [-0.3, -0.25) is 0 Å². The van der Waals surface area contributed by atoms with E-state index in [9.17, 15) is 8.42 Å². The smallest absolute Gasteiger partial charge is 0.173 e. The number of para-hydroxylation sites is 1. The van der Waals surface area contributed by atoms with Crippen molar-refractivity contribution >= 4 is 32.9 Å². The molecule has 7 heteroatoms. The Hall–Kier alpha value is -1.18. The molecular weight excluding hydrogens is 296 g/mol. The largest absolute Gasteiger partial charge is 0.395 e. The Morgan fingerprint density at radius 1 is 1.40 bits per heavy atom. The highest BCUT2D eigenvalue weighted by Gasteiger charge is 2.33. The summed E-state index contributed by atoms with van der Waals surface area (Å²) >= 11 is 5.34. The molecule has 1 saturated heterocycles. The van der Waals surface area contributed by atoms with Crippen LogP contribution in [0.5, 0.6) is 0 Å². The fourth-order valence-electron chi connectivity index (χ4n) is 2.30. The van der Waals surface area contributed by atoms with E-state index in [0.717, 1.165) is 5.69 Å². The number of anilines is 1. The van der Waals surface area contributed by atoms with Gasteiger partial charge in [0.1, 0.15) is 0 Å². The maximum atomic E-state index is 11.6. The van der Waals surface area contributed by atoms with Gasteiger partial charge in [0.15, 0.2) is 14.9 Å². The molecule has 2 N–H and O–H groups in total. The van der Waals surface area contributed by atoms with E-state index in [-0.39, 0.29) is 24.2 Å². The van der Waals surface area contributed by atoms with Crippen molar-refractivity contribution in [3.05, 3.63) is 30.3 Å². The summed E-state index contributed by atoms with van der Waals surface area (Å²) in [7, 11) is -2.98. The predicted molar refractivity (Wildman–Crippen MR) is 83.5 cm³/mol. The molecule has 1 heterocycles. The molecule has 2 rings (SSSR count). The maximum absolute atomic E-state index is 11.6. The van der Waals surface area contributed by atoms with Crippen molar-refractivity contribution < 1.29 is 13.5 Å². The summed E-state index contributed by atoms with van der Waals surface area (Å²) in [5.74, 6) is 0.289. The fourth-order valence-corrected chi connectivity index (χ4v) is 4.38. The average molecular weight is 314 g/mol. The molecule has 5 nitrogen and oxygen atoms in total. The zero-order chi connectivity index (χ0) is 14.6. The molecule has 0 unspecified atom stereocenters. The summed E-state index contributed by atoms with van der Waals surface area (Å²) in [5, 5.41) is 12.7. The number of hydrogen-bond donors (Lipinski definition) is 2. The van der Waals surface area contributed by atoms with Gasteiger partial charge in [-0.05, 0) is 30.8 Å². The lowest BCUT2D eigenvalue weighted by Gasteiger charge is -2.30. The highest BCUT2D eigenvalue weighted by molar-refractivity contribution is 7.91. The van der Waals surface area contributed by atoms with Crippen molar-refractivity contribution in [2.24, 2.45) is 0 Å². The number of nitrogens with one attached hydrogen (secondary N) is 1. The molecule has 0 radical (unpaired) electrons. The number of rotatable bonds is 4. The minimum Gasteiger partial charge on any atom is -0.395 e. The number of sulfone groups is 1. The van der Waals surface area contributed by atoms with Crippen molar-refractivity contribution in [2.75, 3.05) is 30.0 Å². The number of hydrogen-bond acceptors (Lipinski definition) is 4. The van der Waals surface area contributed by atoms with Crippen LogP contribution in [0.15, 0.2) is 30.3 Å². The van der Waals surface area contributed by atoms with Crippen LogP contribution in [0.1, 0.15) is 6.42 Å². The van der Waals surface area contributed by atoms with Gasteiger partial charge in [0.2, 0.25) is 0 Å². The van der Waals surface area contributed by atoms with E-state index in [0.29, 0.717) is 18.1 Å². The van der Waals surface area contributed by atoms with E-state index < -0.39 is 9.84 Å². The van der Waals surface area contributed by atoms with Crippen molar-refractivity contribution in [3.63, 3.8) is 0 Å². The third-order valence-electron chi connectivity index (χ3n) is 3.28. The molecule has 0 bridgehead atoms. The lowest BCUT2D eigenvalue weighted by atomic mass is 10.2.